The smallest absolute Gasteiger partial charge is 0.356 e. The fraction of sp³-hybridized carbons (Fsp3) is 0.727. The molecule has 0 saturated heterocycles. The van der Waals surface area contributed by atoms with Crippen LogP contribution in [-0.4, -0.2) is 22.3 Å². The summed E-state index contributed by atoms with van der Waals surface area (Å²) in [6, 6.07) is -1.46. The monoisotopic (exact) mass is 247 g/mol. The third-order valence-electron chi connectivity index (χ3n) is 2.92. The molecular weight excluding hydrogens is 231 g/mol. The second kappa shape index (κ2) is 3.65. The minimum atomic E-state index is -4.22. The van der Waals surface area contributed by atoms with Crippen LogP contribution < -0.4 is 5.32 Å². The number of imidazole rings is 1. The molecule has 0 aromatic carbocycles. The van der Waals surface area contributed by atoms with Crippen LogP contribution in [0.4, 0.5) is 19.1 Å². The summed E-state index contributed by atoms with van der Waals surface area (Å²) >= 11 is 0. The fourth-order valence-electron chi connectivity index (χ4n) is 1.90. The van der Waals surface area contributed by atoms with E-state index in [2.05, 4.69) is 10.3 Å². The van der Waals surface area contributed by atoms with Crippen LogP contribution in [0.15, 0.2) is 6.20 Å². The highest BCUT2D eigenvalue weighted by atomic mass is 19.4. The van der Waals surface area contributed by atoms with Gasteiger partial charge in [-0.15, -0.1) is 0 Å². The quantitative estimate of drug-likeness (QED) is 0.763. The molecule has 2 heterocycles. The van der Waals surface area contributed by atoms with Crippen LogP contribution in [-0.2, 0) is 5.41 Å². The van der Waals surface area contributed by atoms with Crippen molar-refractivity contribution in [2.75, 3.05) is 11.9 Å². The van der Waals surface area contributed by atoms with E-state index >= 15 is 0 Å². The van der Waals surface area contributed by atoms with E-state index in [0.717, 1.165) is 0 Å². The summed E-state index contributed by atoms with van der Waals surface area (Å²) in [7, 11) is 0. The lowest BCUT2D eigenvalue weighted by Crippen LogP contribution is -2.33. The number of alkyl halides is 3. The highest BCUT2D eigenvalue weighted by Gasteiger charge is 2.43. The maximum absolute atomic E-state index is 12.8. The van der Waals surface area contributed by atoms with E-state index in [1.165, 1.54) is 10.8 Å². The van der Waals surface area contributed by atoms with E-state index in [0.29, 0.717) is 18.2 Å². The zero-order valence-electron chi connectivity index (χ0n) is 10.1. The topological polar surface area (TPSA) is 29.9 Å². The molecule has 1 aromatic rings. The molecule has 3 nitrogen and oxygen atoms in total. The predicted molar refractivity (Wildman–Crippen MR) is 59.1 cm³/mol. The average Bonchev–Trinajstić information content (AvgIpc) is 2.57. The van der Waals surface area contributed by atoms with Gasteiger partial charge in [0, 0.05) is 18.2 Å². The summed E-state index contributed by atoms with van der Waals surface area (Å²) in [5.41, 5.74) is 0.429. The SMILES string of the molecule is CC(C)(C)c1cn2c(n1)NCCC2C(F)(F)F. The summed E-state index contributed by atoms with van der Waals surface area (Å²) < 4.78 is 39.8. The molecule has 1 aliphatic rings. The summed E-state index contributed by atoms with van der Waals surface area (Å²) in [6.45, 7) is 6.11. The fourth-order valence-corrected chi connectivity index (χ4v) is 1.90. The van der Waals surface area contributed by atoms with Gasteiger partial charge in [-0.25, -0.2) is 4.98 Å². The molecule has 1 atom stereocenters. The summed E-state index contributed by atoms with van der Waals surface area (Å²) in [4.78, 5) is 4.24. The Morgan fingerprint density at radius 3 is 2.53 bits per heavy atom. The van der Waals surface area contributed by atoms with Crippen LogP contribution in [0.3, 0.4) is 0 Å². The molecule has 0 spiro atoms. The van der Waals surface area contributed by atoms with Gasteiger partial charge in [0.15, 0.2) is 0 Å². The lowest BCUT2D eigenvalue weighted by Gasteiger charge is -2.27. The first-order valence-electron chi connectivity index (χ1n) is 5.59. The van der Waals surface area contributed by atoms with Crippen molar-refractivity contribution in [2.45, 2.75) is 44.8 Å². The van der Waals surface area contributed by atoms with Gasteiger partial charge < -0.3 is 9.88 Å². The Bertz CT molecular complexity index is 415. The molecule has 6 heteroatoms. The summed E-state index contributed by atoms with van der Waals surface area (Å²) in [5.74, 6) is 0.323. The Balaban J connectivity index is 2.42. The Labute approximate surface area is 98.0 Å². The zero-order valence-corrected chi connectivity index (χ0v) is 10.1. The molecule has 1 aliphatic heterocycles. The van der Waals surface area contributed by atoms with Gasteiger partial charge in [0.25, 0.3) is 0 Å². The number of anilines is 1. The average molecular weight is 247 g/mol. The van der Waals surface area contributed by atoms with Gasteiger partial charge in [0.1, 0.15) is 6.04 Å². The summed E-state index contributed by atoms with van der Waals surface area (Å²) in [6.07, 6.45) is -2.65. The number of hydrogen-bond donors (Lipinski definition) is 1. The molecule has 17 heavy (non-hydrogen) atoms. The van der Waals surface area contributed by atoms with Crippen molar-refractivity contribution in [1.82, 2.24) is 9.55 Å². The largest absolute Gasteiger partial charge is 0.409 e. The molecule has 1 aromatic heterocycles. The molecule has 0 radical (unpaired) electrons. The maximum atomic E-state index is 12.8. The number of hydrogen-bond acceptors (Lipinski definition) is 2. The maximum Gasteiger partial charge on any atom is 0.409 e. The van der Waals surface area contributed by atoms with Crippen LogP contribution >= 0.6 is 0 Å². The van der Waals surface area contributed by atoms with Gasteiger partial charge in [0.05, 0.1) is 5.69 Å². The van der Waals surface area contributed by atoms with Crippen LogP contribution in [0, 0.1) is 0 Å². The Morgan fingerprint density at radius 1 is 1.35 bits per heavy atom. The first kappa shape index (κ1) is 12.3. The number of nitrogens with one attached hydrogen (secondary N) is 1. The molecular formula is C11H16F3N3. The van der Waals surface area contributed by atoms with Gasteiger partial charge >= 0.3 is 6.18 Å². The second-order valence-corrected chi connectivity index (χ2v) is 5.38. The minimum absolute atomic E-state index is 0.0520. The van der Waals surface area contributed by atoms with Crippen molar-refractivity contribution < 1.29 is 13.2 Å². The normalized spacial score (nSPS) is 20.9. The number of halogens is 3. The van der Waals surface area contributed by atoms with Crippen molar-refractivity contribution in [3.05, 3.63) is 11.9 Å². The van der Waals surface area contributed by atoms with Gasteiger partial charge in [-0.1, -0.05) is 20.8 Å². The van der Waals surface area contributed by atoms with Crippen LogP contribution in [0.2, 0.25) is 0 Å². The predicted octanol–water partition coefficient (Wildman–Crippen LogP) is 3.10. The van der Waals surface area contributed by atoms with Crippen molar-refractivity contribution in [3.8, 4) is 0 Å². The van der Waals surface area contributed by atoms with Crippen molar-refractivity contribution in [3.63, 3.8) is 0 Å². The Hall–Kier alpha value is -1.20. The van der Waals surface area contributed by atoms with E-state index in [9.17, 15) is 13.2 Å². The molecule has 0 amide bonds. The third-order valence-corrected chi connectivity index (χ3v) is 2.92. The molecule has 2 rings (SSSR count). The van der Waals surface area contributed by atoms with Gasteiger partial charge in [-0.3, -0.25) is 0 Å². The molecule has 0 aliphatic carbocycles. The van der Waals surface area contributed by atoms with E-state index in [1.807, 2.05) is 20.8 Å². The molecule has 0 fully saturated rings. The third kappa shape index (κ3) is 2.25. The lowest BCUT2D eigenvalue weighted by atomic mass is 9.93. The van der Waals surface area contributed by atoms with E-state index in [-0.39, 0.29) is 11.8 Å². The number of nitrogens with zero attached hydrogens (tertiary/aromatic N) is 2. The van der Waals surface area contributed by atoms with Crippen molar-refractivity contribution >= 4 is 5.95 Å². The Kier molecular flexibility index (Phi) is 2.63. The van der Waals surface area contributed by atoms with Gasteiger partial charge in [-0.05, 0) is 6.42 Å². The zero-order chi connectivity index (χ0) is 12.8. The van der Waals surface area contributed by atoms with Crippen LogP contribution in [0.5, 0.6) is 0 Å². The van der Waals surface area contributed by atoms with Crippen LogP contribution in [0.25, 0.3) is 0 Å². The molecule has 1 N–H and O–H groups in total. The lowest BCUT2D eigenvalue weighted by molar-refractivity contribution is -0.169. The first-order valence-corrected chi connectivity index (χ1v) is 5.59. The highest BCUT2D eigenvalue weighted by Crippen LogP contribution is 2.38. The Morgan fingerprint density at radius 2 is 2.00 bits per heavy atom. The van der Waals surface area contributed by atoms with Crippen molar-refractivity contribution in [1.29, 1.82) is 0 Å². The number of fused-ring (bicyclic) bond motifs is 1. The van der Waals surface area contributed by atoms with E-state index < -0.39 is 12.2 Å². The summed E-state index contributed by atoms with van der Waals surface area (Å²) in [5, 5.41) is 2.91. The van der Waals surface area contributed by atoms with Gasteiger partial charge in [0.2, 0.25) is 5.95 Å². The molecule has 0 bridgehead atoms. The minimum Gasteiger partial charge on any atom is -0.356 e. The number of rotatable bonds is 0. The van der Waals surface area contributed by atoms with E-state index in [4.69, 9.17) is 0 Å². The number of aromatic nitrogens is 2. The molecule has 1 unspecified atom stereocenters. The van der Waals surface area contributed by atoms with E-state index in [1.54, 1.807) is 0 Å². The standard InChI is InChI=1S/C11H16F3N3/c1-10(2,3)7-6-17-8(11(12,13)14)4-5-15-9(17)16-7/h6,8H,4-5H2,1-3H3,(H,15,16). The first-order chi connectivity index (χ1) is 7.69. The second-order valence-electron chi connectivity index (χ2n) is 5.38. The van der Waals surface area contributed by atoms with Crippen LogP contribution in [0.1, 0.15) is 38.9 Å². The molecule has 0 saturated carbocycles. The van der Waals surface area contributed by atoms with Gasteiger partial charge in [-0.2, -0.15) is 13.2 Å². The van der Waals surface area contributed by atoms with Crippen molar-refractivity contribution in [2.24, 2.45) is 0 Å². The molecule has 96 valence electrons. The highest BCUT2D eigenvalue weighted by molar-refractivity contribution is 5.34.